The van der Waals surface area contributed by atoms with E-state index in [1.807, 2.05) is 0 Å². The van der Waals surface area contributed by atoms with Crippen LogP contribution in [0, 0.1) is 0 Å². The molecule has 2 aliphatic rings. The van der Waals surface area contributed by atoms with Gasteiger partial charge in [0.2, 0.25) is 5.91 Å². The first-order valence-electron chi connectivity index (χ1n) is 6.87. The van der Waals surface area contributed by atoms with Gasteiger partial charge in [0.05, 0.1) is 0 Å². The molecule has 0 unspecified atom stereocenters. The van der Waals surface area contributed by atoms with Crippen LogP contribution in [0.5, 0.6) is 0 Å². The molecule has 2 saturated carbocycles. The van der Waals surface area contributed by atoms with E-state index >= 15 is 0 Å². The molecule has 2 aliphatic carbocycles. The van der Waals surface area contributed by atoms with Crippen molar-refractivity contribution in [1.29, 1.82) is 0 Å². The van der Waals surface area contributed by atoms with Crippen molar-refractivity contribution >= 4 is 5.91 Å². The summed E-state index contributed by atoms with van der Waals surface area (Å²) in [7, 11) is 0. The Morgan fingerprint density at radius 3 is 2.12 bits per heavy atom. The highest BCUT2D eigenvalue weighted by Crippen LogP contribution is 2.18. The highest BCUT2D eigenvalue weighted by Gasteiger charge is 2.17. The summed E-state index contributed by atoms with van der Waals surface area (Å²) in [5, 5.41) is 6.60. The summed E-state index contributed by atoms with van der Waals surface area (Å²) in [6, 6.07) is 1.15. The first-order chi connectivity index (χ1) is 7.84. The molecule has 3 heteroatoms. The molecule has 0 spiro atoms. The van der Waals surface area contributed by atoms with E-state index < -0.39 is 0 Å². The van der Waals surface area contributed by atoms with Crippen molar-refractivity contribution in [1.82, 2.24) is 10.6 Å². The Balaban J connectivity index is 1.52. The third kappa shape index (κ3) is 3.78. The summed E-state index contributed by atoms with van der Waals surface area (Å²) in [5.74, 6) is 0.234. The van der Waals surface area contributed by atoms with Crippen LogP contribution in [-0.2, 0) is 4.79 Å². The normalized spacial score (nSPS) is 22.8. The summed E-state index contributed by atoms with van der Waals surface area (Å²) in [6.07, 6.45) is 10.9. The summed E-state index contributed by atoms with van der Waals surface area (Å²) in [5.41, 5.74) is 0. The van der Waals surface area contributed by atoms with E-state index in [0.29, 0.717) is 18.5 Å². The van der Waals surface area contributed by atoms with Gasteiger partial charge in [-0.2, -0.15) is 0 Å². The minimum atomic E-state index is 0.234. The lowest BCUT2D eigenvalue weighted by Gasteiger charge is -2.14. The van der Waals surface area contributed by atoms with Crippen LogP contribution >= 0.6 is 0 Å². The number of amides is 1. The number of nitrogens with one attached hydrogen (secondary N) is 2. The van der Waals surface area contributed by atoms with E-state index in [9.17, 15) is 4.79 Å². The van der Waals surface area contributed by atoms with Crippen molar-refractivity contribution < 1.29 is 4.79 Å². The number of hydrogen-bond acceptors (Lipinski definition) is 2. The molecule has 2 N–H and O–H groups in total. The second-order valence-electron chi connectivity index (χ2n) is 5.23. The van der Waals surface area contributed by atoms with Gasteiger partial charge in [0, 0.05) is 25.0 Å². The third-order valence-corrected chi connectivity index (χ3v) is 3.86. The van der Waals surface area contributed by atoms with Crippen LogP contribution in [0.15, 0.2) is 0 Å². The van der Waals surface area contributed by atoms with Crippen molar-refractivity contribution in [2.75, 3.05) is 6.54 Å². The number of carbonyl (C=O) groups excluding carboxylic acids is 1. The molecule has 0 bridgehead atoms. The largest absolute Gasteiger partial charge is 0.353 e. The fraction of sp³-hybridized carbons (Fsp3) is 0.923. The standard InChI is InChI=1S/C13H24N2O/c16-13(15-12-7-3-4-8-12)9-10-14-11-5-1-2-6-11/h11-12,14H,1-10H2,(H,15,16). The van der Waals surface area contributed by atoms with E-state index in [1.54, 1.807) is 0 Å². The molecule has 0 aromatic rings. The van der Waals surface area contributed by atoms with Crippen LogP contribution < -0.4 is 10.6 Å². The Labute approximate surface area is 98.4 Å². The maximum Gasteiger partial charge on any atom is 0.221 e. The highest BCUT2D eigenvalue weighted by molar-refractivity contribution is 5.76. The van der Waals surface area contributed by atoms with Gasteiger partial charge in [0.1, 0.15) is 0 Å². The van der Waals surface area contributed by atoms with Gasteiger partial charge < -0.3 is 10.6 Å². The summed E-state index contributed by atoms with van der Waals surface area (Å²) >= 11 is 0. The molecule has 2 rings (SSSR count). The molecule has 1 amide bonds. The molecular weight excluding hydrogens is 200 g/mol. The fourth-order valence-electron chi connectivity index (χ4n) is 2.89. The second kappa shape index (κ2) is 6.24. The van der Waals surface area contributed by atoms with Crippen LogP contribution in [0.1, 0.15) is 57.8 Å². The Bertz CT molecular complexity index is 218. The van der Waals surface area contributed by atoms with Crippen molar-refractivity contribution in [3.63, 3.8) is 0 Å². The number of rotatable bonds is 5. The first-order valence-corrected chi connectivity index (χ1v) is 6.87. The lowest BCUT2D eigenvalue weighted by atomic mass is 10.2. The van der Waals surface area contributed by atoms with Gasteiger partial charge in [-0.05, 0) is 25.7 Å². The highest BCUT2D eigenvalue weighted by atomic mass is 16.1. The summed E-state index contributed by atoms with van der Waals surface area (Å²) < 4.78 is 0. The zero-order valence-electron chi connectivity index (χ0n) is 10.1. The van der Waals surface area contributed by atoms with Gasteiger partial charge in [-0.25, -0.2) is 0 Å². The molecule has 0 aliphatic heterocycles. The maximum atomic E-state index is 11.6. The van der Waals surface area contributed by atoms with Crippen molar-refractivity contribution in [3.8, 4) is 0 Å². The van der Waals surface area contributed by atoms with Crippen molar-refractivity contribution in [2.24, 2.45) is 0 Å². The molecule has 92 valence electrons. The number of carbonyl (C=O) groups is 1. The molecule has 16 heavy (non-hydrogen) atoms. The molecule has 0 saturated heterocycles. The zero-order valence-corrected chi connectivity index (χ0v) is 10.1. The molecular formula is C13H24N2O. The molecule has 2 fully saturated rings. The summed E-state index contributed by atoms with van der Waals surface area (Å²) in [6.45, 7) is 0.850. The SMILES string of the molecule is O=C(CCNC1CCCC1)NC1CCCC1. The van der Waals surface area contributed by atoms with Gasteiger partial charge in [-0.1, -0.05) is 25.7 Å². The smallest absolute Gasteiger partial charge is 0.221 e. The predicted octanol–water partition coefficient (Wildman–Crippen LogP) is 1.97. The topological polar surface area (TPSA) is 41.1 Å². The Hall–Kier alpha value is -0.570. The van der Waals surface area contributed by atoms with Crippen LogP contribution in [0.25, 0.3) is 0 Å². The molecule has 3 nitrogen and oxygen atoms in total. The maximum absolute atomic E-state index is 11.6. The Morgan fingerprint density at radius 1 is 0.938 bits per heavy atom. The lowest BCUT2D eigenvalue weighted by molar-refractivity contribution is -0.121. The first kappa shape index (κ1) is 11.9. The van der Waals surface area contributed by atoms with Crippen molar-refractivity contribution in [2.45, 2.75) is 69.9 Å². The molecule has 0 aromatic heterocycles. The fourth-order valence-corrected chi connectivity index (χ4v) is 2.89. The second-order valence-corrected chi connectivity index (χ2v) is 5.23. The van der Waals surface area contributed by atoms with E-state index in [1.165, 1.54) is 51.4 Å². The molecule has 0 atom stereocenters. The molecule has 0 heterocycles. The third-order valence-electron chi connectivity index (χ3n) is 3.86. The van der Waals surface area contributed by atoms with Crippen LogP contribution in [0.4, 0.5) is 0 Å². The number of hydrogen-bond donors (Lipinski definition) is 2. The lowest BCUT2D eigenvalue weighted by Crippen LogP contribution is -2.36. The van der Waals surface area contributed by atoms with Crippen LogP contribution in [0.3, 0.4) is 0 Å². The van der Waals surface area contributed by atoms with Gasteiger partial charge in [0.15, 0.2) is 0 Å². The van der Waals surface area contributed by atoms with Gasteiger partial charge in [0.25, 0.3) is 0 Å². The summed E-state index contributed by atoms with van der Waals surface area (Å²) in [4.78, 5) is 11.6. The molecule has 0 radical (unpaired) electrons. The molecule has 0 aromatic carbocycles. The van der Waals surface area contributed by atoms with E-state index in [-0.39, 0.29) is 5.91 Å². The van der Waals surface area contributed by atoms with E-state index in [2.05, 4.69) is 10.6 Å². The van der Waals surface area contributed by atoms with E-state index in [0.717, 1.165) is 6.54 Å². The minimum Gasteiger partial charge on any atom is -0.353 e. The predicted molar refractivity (Wildman–Crippen MR) is 65.3 cm³/mol. The van der Waals surface area contributed by atoms with Crippen LogP contribution in [0.2, 0.25) is 0 Å². The average molecular weight is 224 g/mol. The van der Waals surface area contributed by atoms with Crippen LogP contribution in [-0.4, -0.2) is 24.5 Å². The minimum absolute atomic E-state index is 0.234. The monoisotopic (exact) mass is 224 g/mol. The quantitative estimate of drug-likeness (QED) is 0.749. The van der Waals surface area contributed by atoms with Gasteiger partial charge >= 0.3 is 0 Å². The van der Waals surface area contributed by atoms with Gasteiger partial charge in [-0.3, -0.25) is 4.79 Å². The Kier molecular flexibility index (Phi) is 4.64. The van der Waals surface area contributed by atoms with Gasteiger partial charge in [-0.15, -0.1) is 0 Å². The average Bonchev–Trinajstić information content (AvgIpc) is 2.90. The zero-order chi connectivity index (χ0) is 11.2. The van der Waals surface area contributed by atoms with Crippen molar-refractivity contribution in [3.05, 3.63) is 0 Å². The van der Waals surface area contributed by atoms with E-state index in [4.69, 9.17) is 0 Å². The Morgan fingerprint density at radius 2 is 1.50 bits per heavy atom.